The van der Waals surface area contributed by atoms with E-state index in [-0.39, 0.29) is 11.8 Å². The molecule has 2 heterocycles. The molecule has 46 heavy (non-hydrogen) atoms. The molecule has 1 aliphatic carbocycles. The van der Waals surface area contributed by atoms with Gasteiger partial charge in [0.25, 0.3) is 5.91 Å². The lowest BCUT2D eigenvalue weighted by Gasteiger charge is -2.24. The zero-order chi connectivity index (χ0) is 31.0. The molecule has 0 saturated carbocycles. The first kappa shape index (κ1) is 27.7. The normalized spacial score (nSPS) is 20.7. The number of amides is 1. The van der Waals surface area contributed by atoms with Crippen molar-refractivity contribution in [1.82, 2.24) is 0 Å². The maximum absolute atomic E-state index is 14.3. The average molecular weight is 594 g/mol. The van der Waals surface area contributed by atoms with Gasteiger partial charge in [-0.05, 0) is 64.9 Å². The van der Waals surface area contributed by atoms with Gasteiger partial charge in [0.2, 0.25) is 0 Å². The average Bonchev–Trinajstić information content (AvgIpc) is 3.46. The molecular formula is C42H31N3O. The first-order valence-corrected chi connectivity index (χ1v) is 15.7. The van der Waals surface area contributed by atoms with E-state index in [1.54, 1.807) is 4.90 Å². The summed E-state index contributed by atoms with van der Waals surface area (Å²) < 4.78 is 0. The maximum atomic E-state index is 14.3. The summed E-state index contributed by atoms with van der Waals surface area (Å²) in [5.74, 6) is 0.274. The fourth-order valence-corrected chi connectivity index (χ4v) is 6.79. The molecule has 220 valence electrons. The maximum Gasteiger partial charge on any atom is 0.259 e. The zero-order valence-electron chi connectivity index (χ0n) is 25.3. The van der Waals surface area contributed by atoms with Crippen molar-refractivity contribution in [2.45, 2.75) is 18.8 Å². The highest BCUT2D eigenvalue weighted by atomic mass is 16.2. The number of nitrogens with zero attached hydrogens (tertiary/aromatic N) is 3. The van der Waals surface area contributed by atoms with E-state index in [2.05, 4.69) is 79.4 Å². The van der Waals surface area contributed by atoms with Gasteiger partial charge in [-0.15, -0.1) is 0 Å². The van der Waals surface area contributed by atoms with Crippen molar-refractivity contribution in [1.29, 1.82) is 0 Å². The molecule has 0 fully saturated rings. The predicted octanol–water partition coefficient (Wildman–Crippen LogP) is 9.63. The van der Waals surface area contributed by atoms with Gasteiger partial charge in [-0.1, -0.05) is 128 Å². The first-order chi connectivity index (χ1) is 22.7. The monoisotopic (exact) mass is 593 g/mol. The van der Waals surface area contributed by atoms with Crippen LogP contribution in [0.2, 0.25) is 0 Å². The lowest BCUT2D eigenvalue weighted by atomic mass is 9.86. The fourth-order valence-electron chi connectivity index (χ4n) is 6.79. The molecular weight excluding hydrogens is 562 g/mol. The number of rotatable bonds is 4. The Bertz CT molecular complexity index is 2120. The number of hydrogen-bond acceptors (Lipinski definition) is 3. The third kappa shape index (κ3) is 4.76. The molecule has 3 aliphatic rings. The van der Waals surface area contributed by atoms with Crippen LogP contribution >= 0.6 is 0 Å². The van der Waals surface area contributed by atoms with Crippen LogP contribution in [0.25, 0.3) is 17.3 Å². The molecule has 0 bridgehead atoms. The van der Waals surface area contributed by atoms with E-state index in [4.69, 9.17) is 9.98 Å². The fraction of sp³-hybridized carbons (Fsp3) is 0.0714. The van der Waals surface area contributed by atoms with Crippen LogP contribution in [0, 0.1) is 0 Å². The number of carbonyl (C=O) groups is 1. The molecule has 8 rings (SSSR count). The van der Waals surface area contributed by atoms with Crippen molar-refractivity contribution >= 4 is 46.2 Å². The Morgan fingerprint density at radius 2 is 1.33 bits per heavy atom. The molecule has 0 radical (unpaired) electrons. The van der Waals surface area contributed by atoms with E-state index in [9.17, 15) is 4.79 Å². The van der Waals surface area contributed by atoms with Gasteiger partial charge in [-0.2, -0.15) is 0 Å². The van der Waals surface area contributed by atoms with Crippen molar-refractivity contribution in [2.75, 3.05) is 4.90 Å². The molecule has 0 saturated heterocycles. The summed E-state index contributed by atoms with van der Waals surface area (Å²) >= 11 is 0. The van der Waals surface area contributed by atoms with Gasteiger partial charge >= 0.3 is 0 Å². The molecule has 1 unspecified atom stereocenters. The van der Waals surface area contributed by atoms with Gasteiger partial charge in [0.05, 0.1) is 17.1 Å². The molecule has 0 N–H and O–H groups in total. The summed E-state index contributed by atoms with van der Waals surface area (Å²) in [7, 11) is 0. The largest absolute Gasteiger partial charge is 0.277 e. The lowest BCUT2D eigenvalue weighted by molar-refractivity contribution is -0.114. The number of hydrogen-bond donors (Lipinski definition) is 0. The van der Waals surface area contributed by atoms with E-state index in [1.165, 1.54) is 0 Å². The summed E-state index contributed by atoms with van der Waals surface area (Å²) in [5.41, 5.74) is 11.4. The van der Waals surface area contributed by atoms with Crippen LogP contribution in [-0.4, -0.2) is 17.5 Å². The minimum absolute atomic E-state index is 0.104. The summed E-state index contributed by atoms with van der Waals surface area (Å²) in [6.07, 6.45) is 6.08. The summed E-state index contributed by atoms with van der Waals surface area (Å²) in [5, 5.41) is 0. The van der Waals surface area contributed by atoms with Crippen molar-refractivity contribution in [2.24, 2.45) is 9.98 Å². The van der Waals surface area contributed by atoms with Gasteiger partial charge in [0, 0.05) is 28.3 Å². The Balaban J connectivity index is 1.33. The summed E-state index contributed by atoms with van der Waals surface area (Å²) in [6, 6.07) is 44.9. The van der Waals surface area contributed by atoms with E-state index in [0.717, 1.165) is 74.6 Å². The second-order valence-electron chi connectivity index (χ2n) is 11.7. The van der Waals surface area contributed by atoms with E-state index in [1.807, 2.05) is 72.8 Å². The molecule has 4 nitrogen and oxygen atoms in total. The summed E-state index contributed by atoms with van der Waals surface area (Å²) in [4.78, 5) is 26.6. The Kier molecular flexibility index (Phi) is 6.96. The number of carbonyl (C=O) groups excluding carboxylic acids is 1. The molecule has 5 aromatic carbocycles. The topological polar surface area (TPSA) is 45.0 Å². The Hall–Kier alpha value is -5.87. The van der Waals surface area contributed by atoms with Crippen LogP contribution in [0.1, 0.15) is 52.1 Å². The van der Waals surface area contributed by atoms with Crippen LogP contribution in [0.3, 0.4) is 0 Å². The minimum atomic E-state index is -0.284. The van der Waals surface area contributed by atoms with Crippen LogP contribution in [0.5, 0.6) is 0 Å². The van der Waals surface area contributed by atoms with Gasteiger partial charge in [-0.25, -0.2) is 9.98 Å². The zero-order valence-corrected chi connectivity index (χ0v) is 25.3. The van der Waals surface area contributed by atoms with Crippen molar-refractivity contribution in [3.63, 3.8) is 0 Å². The highest BCUT2D eigenvalue weighted by Gasteiger charge is 2.40. The molecule has 1 atom stereocenters. The lowest BCUT2D eigenvalue weighted by Crippen LogP contribution is -2.27. The molecule has 0 aromatic heterocycles. The van der Waals surface area contributed by atoms with Crippen LogP contribution < -0.4 is 4.90 Å². The van der Waals surface area contributed by atoms with Gasteiger partial charge in [-0.3, -0.25) is 9.69 Å². The van der Waals surface area contributed by atoms with E-state index >= 15 is 0 Å². The second-order valence-corrected chi connectivity index (χ2v) is 11.7. The summed E-state index contributed by atoms with van der Waals surface area (Å²) in [6.45, 7) is 4.43. The third-order valence-corrected chi connectivity index (χ3v) is 8.96. The Labute approximate surface area is 269 Å². The smallest absolute Gasteiger partial charge is 0.259 e. The quantitative estimate of drug-likeness (QED) is 0.191. The van der Waals surface area contributed by atoms with E-state index in [0.29, 0.717) is 11.4 Å². The van der Waals surface area contributed by atoms with Crippen molar-refractivity contribution in [3.8, 4) is 0 Å². The van der Waals surface area contributed by atoms with Gasteiger partial charge in [0.1, 0.15) is 0 Å². The second kappa shape index (κ2) is 11.6. The molecule has 1 amide bonds. The highest BCUT2D eigenvalue weighted by Crippen LogP contribution is 2.52. The number of anilines is 2. The number of benzene rings is 5. The molecule has 2 aliphatic heterocycles. The Morgan fingerprint density at radius 1 is 0.674 bits per heavy atom. The van der Waals surface area contributed by atoms with Crippen molar-refractivity contribution < 1.29 is 4.79 Å². The van der Waals surface area contributed by atoms with Gasteiger partial charge < -0.3 is 0 Å². The molecule has 4 heteroatoms. The van der Waals surface area contributed by atoms with Gasteiger partial charge in [0.15, 0.2) is 5.84 Å². The standard InChI is InChI=1S/C42H31N3O/c1-28-40-33-22-13-23-34(35(33)27-36(40)32-21-11-12-26-39(32)45(42(28)46)31-19-9-4-10-20-31)41-43-37(29-15-5-2-6-16-29)24-14-25-38(44-41)30-17-7-3-8-18-30/h2-13,15-24,26-27,40H,1,14,25H2/b37-24-,43-41-,44-38+. The van der Waals surface area contributed by atoms with Crippen LogP contribution in [-0.2, 0) is 4.79 Å². The predicted molar refractivity (Wildman–Crippen MR) is 189 cm³/mol. The number of fused-ring (bicyclic) bond motifs is 5. The third-order valence-electron chi connectivity index (χ3n) is 8.96. The highest BCUT2D eigenvalue weighted by molar-refractivity contribution is 6.20. The molecule has 5 aromatic rings. The SMILES string of the molecule is C=C1C(=O)N(c2ccccc2)c2ccccc2C2=Cc3c(C4=N/C(c5ccccc5)=C\CC/C(c5ccccc5)=N\4)cccc3C12. The first-order valence-electron chi connectivity index (χ1n) is 15.7. The number of aliphatic imine (C=N–C) groups is 2. The van der Waals surface area contributed by atoms with E-state index < -0.39 is 0 Å². The number of allylic oxidation sites excluding steroid dienone is 2. The van der Waals surface area contributed by atoms with Crippen LogP contribution in [0.4, 0.5) is 11.4 Å². The molecule has 0 spiro atoms. The minimum Gasteiger partial charge on any atom is -0.277 e. The number of para-hydroxylation sites is 2. The number of amidine groups is 1. The van der Waals surface area contributed by atoms with Crippen molar-refractivity contribution in [3.05, 3.63) is 185 Å². The van der Waals surface area contributed by atoms with Crippen LogP contribution in [0.15, 0.2) is 162 Å². The Morgan fingerprint density at radius 3 is 2.09 bits per heavy atom.